The summed E-state index contributed by atoms with van der Waals surface area (Å²) in [6.45, 7) is 0. The number of para-hydroxylation sites is 1. The lowest BCUT2D eigenvalue weighted by atomic mass is 10.1. The molecule has 1 aromatic carbocycles. The van der Waals surface area contributed by atoms with Gasteiger partial charge in [0.05, 0.1) is 21.7 Å². The van der Waals surface area contributed by atoms with Gasteiger partial charge in [-0.3, -0.25) is 0 Å². The van der Waals surface area contributed by atoms with Crippen molar-refractivity contribution in [1.82, 2.24) is 4.98 Å². The van der Waals surface area contributed by atoms with Crippen LogP contribution in [-0.4, -0.2) is 9.85 Å². The SMILES string of the molecule is N[N+](=O)c1ccccc1-c1cscn1. The van der Waals surface area contributed by atoms with Crippen LogP contribution in [0.2, 0.25) is 0 Å². The summed E-state index contributed by atoms with van der Waals surface area (Å²) < 4.78 is 0. The molecule has 5 heteroatoms. The molecule has 0 atom stereocenters. The van der Waals surface area contributed by atoms with Gasteiger partial charge in [-0.15, -0.1) is 11.3 Å². The Morgan fingerprint density at radius 2 is 2.14 bits per heavy atom. The predicted octanol–water partition coefficient (Wildman–Crippen LogP) is 2.09. The number of nitroso groups, excluding NO2 is 1. The molecule has 70 valence electrons. The van der Waals surface area contributed by atoms with Gasteiger partial charge in [-0.25, -0.2) is 4.98 Å². The van der Waals surface area contributed by atoms with Gasteiger partial charge in [0, 0.05) is 11.4 Å². The Morgan fingerprint density at radius 1 is 1.36 bits per heavy atom. The first-order valence-corrected chi connectivity index (χ1v) is 4.93. The summed E-state index contributed by atoms with van der Waals surface area (Å²) in [6, 6.07) is 7.11. The highest BCUT2D eigenvalue weighted by Gasteiger charge is 2.17. The monoisotopic (exact) mass is 206 g/mol. The van der Waals surface area contributed by atoms with Gasteiger partial charge in [0.25, 0.3) is 0 Å². The lowest BCUT2D eigenvalue weighted by Crippen LogP contribution is -2.09. The van der Waals surface area contributed by atoms with E-state index in [4.69, 9.17) is 5.84 Å². The van der Waals surface area contributed by atoms with E-state index >= 15 is 0 Å². The van der Waals surface area contributed by atoms with Gasteiger partial charge in [0.15, 0.2) is 4.87 Å². The molecule has 0 saturated heterocycles. The van der Waals surface area contributed by atoms with E-state index in [-0.39, 0.29) is 0 Å². The quantitative estimate of drug-likeness (QED) is 0.465. The fourth-order valence-electron chi connectivity index (χ4n) is 1.23. The van der Waals surface area contributed by atoms with Gasteiger partial charge in [0.1, 0.15) is 0 Å². The van der Waals surface area contributed by atoms with Crippen LogP contribution in [0, 0.1) is 4.91 Å². The van der Waals surface area contributed by atoms with Crippen molar-refractivity contribution in [2.45, 2.75) is 0 Å². The van der Waals surface area contributed by atoms with Crippen molar-refractivity contribution < 1.29 is 4.87 Å². The summed E-state index contributed by atoms with van der Waals surface area (Å²) in [5.74, 6) is 5.17. The first-order valence-electron chi connectivity index (χ1n) is 3.98. The molecule has 0 amide bonds. The normalized spacial score (nSPS) is 10.0. The molecular weight excluding hydrogens is 198 g/mol. The molecule has 14 heavy (non-hydrogen) atoms. The molecule has 0 aliphatic carbocycles. The van der Waals surface area contributed by atoms with Crippen molar-refractivity contribution in [3.63, 3.8) is 0 Å². The third-order valence-electron chi connectivity index (χ3n) is 1.85. The molecule has 4 nitrogen and oxygen atoms in total. The third kappa shape index (κ3) is 1.49. The molecule has 1 aromatic heterocycles. The molecule has 0 fully saturated rings. The van der Waals surface area contributed by atoms with E-state index in [0.29, 0.717) is 10.6 Å². The van der Waals surface area contributed by atoms with Gasteiger partial charge < -0.3 is 0 Å². The van der Waals surface area contributed by atoms with Gasteiger partial charge in [-0.2, -0.15) is 5.84 Å². The summed E-state index contributed by atoms with van der Waals surface area (Å²) in [6.07, 6.45) is 0. The standard InChI is InChI=1S/C9H8N3OS/c10-12(13)9-4-2-1-3-7(9)8-5-14-6-11-8/h1-6H,(H2,10,13)/q+1. The molecule has 1 heterocycles. The number of hydrogen-bond donors (Lipinski definition) is 1. The highest BCUT2D eigenvalue weighted by Crippen LogP contribution is 2.27. The van der Waals surface area contributed by atoms with Crippen LogP contribution in [0.15, 0.2) is 35.2 Å². The summed E-state index contributed by atoms with van der Waals surface area (Å²) >= 11 is 1.48. The third-order valence-corrected chi connectivity index (χ3v) is 2.44. The maximum atomic E-state index is 11.0. The Hall–Kier alpha value is -1.75. The number of rotatable bonds is 2. The maximum absolute atomic E-state index is 11.0. The van der Waals surface area contributed by atoms with E-state index in [9.17, 15) is 4.91 Å². The number of benzene rings is 1. The van der Waals surface area contributed by atoms with Crippen molar-refractivity contribution >= 4 is 17.0 Å². The number of aromatic nitrogens is 1. The van der Waals surface area contributed by atoms with Crippen LogP contribution in [0.25, 0.3) is 11.3 Å². The highest BCUT2D eigenvalue weighted by atomic mass is 32.1. The predicted molar refractivity (Wildman–Crippen MR) is 55.0 cm³/mol. The molecule has 0 unspecified atom stereocenters. The number of hydrazine groups is 1. The molecule has 0 bridgehead atoms. The second-order valence-corrected chi connectivity index (χ2v) is 3.44. The van der Waals surface area contributed by atoms with E-state index in [1.165, 1.54) is 11.3 Å². The van der Waals surface area contributed by atoms with Crippen LogP contribution in [0.5, 0.6) is 0 Å². The fourth-order valence-corrected chi connectivity index (χ4v) is 1.78. The zero-order valence-electron chi connectivity index (χ0n) is 7.25. The molecule has 2 rings (SSSR count). The number of hydrogen-bond acceptors (Lipinski definition) is 3. The second kappa shape index (κ2) is 3.55. The smallest absolute Gasteiger partial charge is 0.244 e. The molecule has 0 aliphatic heterocycles. The van der Waals surface area contributed by atoms with Gasteiger partial charge in [0.2, 0.25) is 0 Å². The largest absolute Gasteiger partial charge is 0.300 e. The van der Waals surface area contributed by atoms with Crippen molar-refractivity contribution in [2.75, 3.05) is 0 Å². The molecule has 2 N–H and O–H groups in total. The van der Waals surface area contributed by atoms with Crippen LogP contribution in [0.1, 0.15) is 0 Å². The van der Waals surface area contributed by atoms with Gasteiger partial charge in [-0.05, 0) is 6.07 Å². The van der Waals surface area contributed by atoms with Crippen molar-refractivity contribution in [1.29, 1.82) is 0 Å². The molecule has 0 spiro atoms. The Morgan fingerprint density at radius 3 is 2.79 bits per heavy atom. The van der Waals surface area contributed by atoms with E-state index in [1.54, 1.807) is 17.6 Å². The summed E-state index contributed by atoms with van der Waals surface area (Å²) in [4.78, 5) is 15.5. The Bertz CT molecular complexity index is 453. The Labute approximate surface area is 84.6 Å². The van der Waals surface area contributed by atoms with Crippen molar-refractivity contribution in [3.8, 4) is 11.3 Å². The number of nitrogens with two attached hydrogens (primary N) is 1. The van der Waals surface area contributed by atoms with E-state index < -0.39 is 0 Å². The van der Waals surface area contributed by atoms with Crippen molar-refractivity contribution in [3.05, 3.63) is 40.1 Å². The average molecular weight is 206 g/mol. The minimum absolute atomic E-state index is 0.356. The van der Waals surface area contributed by atoms with Crippen LogP contribution in [0.4, 0.5) is 5.69 Å². The molecule has 0 saturated carbocycles. The van der Waals surface area contributed by atoms with E-state index in [2.05, 4.69) is 4.98 Å². The zero-order chi connectivity index (χ0) is 9.97. The summed E-state index contributed by atoms with van der Waals surface area (Å²) in [5.41, 5.74) is 3.68. The Kier molecular flexibility index (Phi) is 2.24. The van der Waals surface area contributed by atoms with Crippen LogP contribution in [-0.2, 0) is 0 Å². The first-order chi connectivity index (χ1) is 6.79. The number of thiazole rings is 1. The van der Waals surface area contributed by atoms with Crippen LogP contribution >= 0.6 is 11.3 Å². The minimum Gasteiger partial charge on any atom is -0.244 e. The zero-order valence-corrected chi connectivity index (χ0v) is 8.07. The maximum Gasteiger partial charge on any atom is 0.300 e. The highest BCUT2D eigenvalue weighted by molar-refractivity contribution is 7.07. The Balaban J connectivity index is 2.58. The van der Waals surface area contributed by atoms with Crippen LogP contribution in [0.3, 0.4) is 0 Å². The van der Waals surface area contributed by atoms with Crippen molar-refractivity contribution in [2.24, 2.45) is 5.84 Å². The summed E-state index contributed by atoms with van der Waals surface area (Å²) in [7, 11) is 0. The number of nitrogens with zero attached hydrogens (tertiary/aromatic N) is 2. The van der Waals surface area contributed by atoms with Gasteiger partial charge >= 0.3 is 5.69 Å². The van der Waals surface area contributed by atoms with E-state index in [1.807, 2.05) is 17.5 Å². The fraction of sp³-hybridized carbons (Fsp3) is 0. The lowest BCUT2D eigenvalue weighted by Gasteiger charge is -1.95. The molecule has 2 aromatic rings. The molecule has 0 radical (unpaired) electrons. The van der Waals surface area contributed by atoms with Crippen LogP contribution < -0.4 is 5.84 Å². The summed E-state index contributed by atoms with van der Waals surface area (Å²) in [5, 5.41) is 1.88. The topological polar surface area (TPSA) is 59.0 Å². The minimum atomic E-state index is 0.356. The lowest BCUT2D eigenvalue weighted by molar-refractivity contribution is -0.474. The first kappa shape index (κ1) is 8.83. The molecular formula is C9H8N3OS+. The molecule has 0 aliphatic rings. The van der Waals surface area contributed by atoms with E-state index in [0.717, 1.165) is 11.3 Å². The van der Waals surface area contributed by atoms with Gasteiger partial charge in [-0.1, -0.05) is 12.1 Å². The second-order valence-electron chi connectivity index (χ2n) is 2.72. The average Bonchev–Trinajstić information content (AvgIpc) is 2.70.